The number of amides is 1. The Morgan fingerprint density at radius 3 is 2.23 bits per heavy atom. The highest BCUT2D eigenvalue weighted by molar-refractivity contribution is 6.30. The lowest BCUT2D eigenvalue weighted by atomic mass is 9.73. The summed E-state index contributed by atoms with van der Waals surface area (Å²) in [4.78, 5) is 28.8. The van der Waals surface area contributed by atoms with E-state index in [9.17, 15) is 14.7 Å². The molecular weight excluding hydrogens is 594 g/mol. The van der Waals surface area contributed by atoms with Gasteiger partial charge in [-0.25, -0.2) is 4.39 Å². The molecule has 1 fully saturated rings. The SMILES string of the molecule is CC[C@@](O)(c1cc(F)c2c(c1)C(=O)N(Cc1ccc(Cl)cc1)[C@@]2(OC)c1ccc(Cl)cc1)C1CCN(CCC(=O)O)CC1. The minimum absolute atomic E-state index is 0.0578. The van der Waals surface area contributed by atoms with Crippen LogP contribution in [0.5, 0.6) is 0 Å². The van der Waals surface area contributed by atoms with Gasteiger partial charge in [-0.3, -0.25) is 14.5 Å². The van der Waals surface area contributed by atoms with E-state index in [1.165, 1.54) is 18.1 Å². The molecule has 2 aliphatic rings. The van der Waals surface area contributed by atoms with Crippen molar-refractivity contribution in [2.75, 3.05) is 26.7 Å². The summed E-state index contributed by atoms with van der Waals surface area (Å²) in [5.74, 6) is -2.12. The quantitative estimate of drug-likeness (QED) is 0.269. The number of halogens is 3. The number of carbonyl (C=O) groups is 2. The number of carboxylic acids is 1. The van der Waals surface area contributed by atoms with E-state index in [1.54, 1.807) is 54.6 Å². The van der Waals surface area contributed by atoms with Gasteiger partial charge in [0.1, 0.15) is 5.82 Å². The summed E-state index contributed by atoms with van der Waals surface area (Å²) < 4.78 is 22.6. The van der Waals surface area contributed by atoms with Crippen LogP contribution in [-0.4, -0.2) is 58.6 Å². The highest BCUT2D eigenvalue weighted by Crippen LogP contribution is 2.49. The van der Waals surface area contributed by atoms with Crippen molar-refractivity contribution in [2.24, 2.45) is 5.92 Å². The fourth-order valence-corrected chi connectivity index (χ4v) is 6.92. The molecule has 2 aliphatic heterocycles. The maximum atomic E-state index is 16.5. The molecule has 1 saturated heterocycles. The second-order valence-corrected chi connectivity index (χ2v) is 12.2. The van der Waals surface area contributed by atoms with Crippen LogP contribution in [0.25, 0.3) is 0 Å². The molecule has 228 valence electrons. The van der Waals surface area contributed by atoms with Crippen molar-refractivity contribution in [3.63, 3.8) is 0 Å². The van der Waals surface area contributed by atoms with E-state index in [0.717, 1.165) is 5.56 Å². The number of methoxy groups -OCH3 is 1. The molecule has 0 unspecified atom stereocenters. The smallest absolute Gasteiger partial charge is 0.304 e. The van der Waals surface area contributed by atoms with E-state index < -0.39 is 29.0 Å². The van der Waals surface area contributed by atoms with E-state index in [1.807, 2.05) is 6.92 Å². The molecule has 0 saturated carbocycles. The Labute approximate surface area is 260 Å². The number of hydrogen-bond acceptors (Lipinski definition) is 5. The number of fused-ring (bicyclic) bond motifs is 1. The Morgan fingerprint density at radius 2 is 1.67 bits per heavy atom. The second-order valence-electron chi connectivity index (χ2n) is 11.3. The number of carboxylic acid groups (broad SMARTS) is 1. The summed E-state index contributed by atoms with van der Waals surface area (Å²) in [6, 6.07) is 16.8. The molecule has 0 spiro atoms. The Balaban J connectivity index is 1.56. The summed E-state index contributed by atoms with van der Waals surface area (Å²) in [6.07, 6.45) is 1.61. The van der Waals surface area contributed by atoms with Gasteiger partial charge in [-0.2, -0.15) is 0 Å². The summed E-state index contributed by atoms with van der Waals surface area (Å²) >= 11 is 12.3. The zero-order chi connectivity index (χ0) is 30.9. The summed E-state index contributed by atoms with van der Waals surface area (Å²) in [5.41, 5.74) is -1.09. The average molecular weight is 630 g/mol. The molecule has 0 bridgehead atoms. The number of nitrogens with zero attached hydrogens (tertiary/aromatic N) is 2. The van der Waals surface area contributed by atoms with Crippen LogP contribution in [0.1, 0.15) is 65.2 Å². The first-order chi connectivity index (χ1) is 20.5. The lowest BCUT2D eigenvalue weighted by Crippen LogP contribution is -2.46. The van der Waals surface area contributed by atoms with Crippen molar-refractivity contribution in [3.8, 4) is 0 Å². The van der Waals surface area contributed by atoms with E-state index in [4.69, 9.17) is 33.0 Å². The monoisotopic (exact) mass is 628 g/mol. The number of hydrogen-bond donors (Lipinski definition) is 2. The van der Waals surface area contributed by atoms with Crippen molar-refractivity contribution in [1.82, 2.24) is 9.80 Å². The zero-order valence-electron chi connectivity index (χ0n) is 24.2. The van der Waals surface area contributed by atoms with Crippen LogP contribution in [-0.2, 0) is 27.4 Å². The first-order valence-corrected chi connectivity index (χ1v) is 15.2. The summed E-state index contributed by atoms with van der Waals surface area (Å²) in [5, 5.41) is 22.1. The molecule has 2 heterocycles. The van der Waals surface area contributed by atoms with E-state index in [2.05, 4.69) is 4.90 Å². The molecule has 2 N–H and O–H groups in total. The maximum absolute atomic E-state index is 16.5. The van der Waals surface area contributed by atoms with Gasteiger partial charge in [0.05, 0.1) is 23.1 Å². The second kappa shape index (κ2) is 12.5. The third-order valence-electron chi connectivity index (χ3n) is 9.01. The average Bonchev–Trinajstić information content (AvgIpc) is 3.25. The van der Waals surface area contributed by atoms with Crippen molar-refractivity contribution in [1.29, 1.82) is 0 Å². The third kappa shape index (κ3) is 5.79. The number of aliphatic carboxylic acids is 1. The third-order valence-corrected chi connectivity index (χ3v) is 9.52. The number of rotatable bonds is 10. The Bertz CT molecular complexity index is 1490. The van der Waals surface area contributed by atoms with Crippen molar-refractivity contribution >= 4 is 35.1 Å². The fourth-order valence-electron chi connectivity index (χ4n) is 6.67. The lowest BCUT2D eigenvalue weighted by Gasteiger charge is -2.42. The topological polar surface area (TPSA) is 90.3 Å². The van der Waals surface area contributed by atoms with Crippen LogP contribution in [0.15, 0.2) is 60.7 Å². The molecule has 1 amide bonds. The summed E-state index contributed by atoms with van der Waals surface area (Å²) in [7, 11) is 1.44. The van der Waals surface area contributed by atoms with Crippen LogP contribution >= 0.6 is 23.2 Å². The maximum Gasteiger partial charge on any atom is 0.304 e. The molecule has 2 atom stereocenters. The number of benzene rings is 3. The van der Waals surface area contributed by atoms with E-state index in [0.29, 0.717) is 60.1 Å². The van der Waals surface area contributed by atoms with Crippen LogP contribution in [0.2, 0.25) is 10.0 Å². The molecule has 3 aromatic carbocycles. The molecule has 0 aromatic heterocycles. The molecule has 5 rings (SSSR count). The molecule has 43 heavy (non-hydrogen) atoms. The minimum Gasteiger partial charge on any atom is -0.481 e. The molecule has 0 radical (unpaired) electrons. The number of ether oxygens (including phenoxy) is 1. The van der Waals surface area contributed by atoms with Gasteiger partial charge in [-0.05, 0) is 85.8 Å². The van der Waals surface area contributed by atoms with Crippen LogP contribution in [0, 0.1) is 11.7 Å². The Hall–Kier alpha value is -3.01. The van der Waals surface area contributed by atoms with Crippen LogP contribution < -0.4 is 0 Å². The first kappa shape index (κ1) is 31.4. The summed E-state index contributed by atoms with van der Waals surface area (Å²) in [6.45, 7) is 3.67. The van der Waals surface area contributed by atoms with Gasteiger partial charge in [-0.1, -0.05) is 54.4 Å². The molecule has 10 heteroatoms. The van der Waals surface area contributed by atoms with Gasteiger partial charge in [0, 0.05) is 35.8 Å². The Morgan fingerprint density at radius 1 is 1.07 bits per heavy atom. The molecule has 0 aliphatic carbocycles. The molecular formula is C33H35Cl2FN2O5. The highest BCUT2D eigenvalue weighted by atomic mass is 35.5. The predicted octanol–water partition coefficient (Wildman–Crippen LogP) is 6.42. The normalized spacial score (nSPS) is 20.7. The Kier molecular flexibility index (Phi) is 9.16. The van der Waals surface area contributed by atoms with Crippen molar-refractivity contribution < 1.29 is 28.9 Å². The number of carbonyl (C=O) groups excluding carboxylic acids is 1. The van der Waals surface area contributed by atoms with Gasteiger partial charge >= 0.3 is 5.97 Å². The predicted molar refractivity (Wildman–Crippen MR) is 163 cm³/mol. The van der Waals surface area contributed by atoms with Gasteiger partial charge in [-0.15, -0.1) is 0 Å². The van der Waals surface area contributed by atoms with E-state index >= 15 is 4.39 Å². The highest BCUT2D eigenvalue weighted by Gasteiger charge is 2.54. The molecule has 3 aromatic rings. The number of aliphatic hydroxyl groups is 1. The molecule has 7 nitrogen and oxygen atoms in total. The zero-order valence-corrected chi connectivity index (χ0v) is 25.7. The minimum atomic E-state index is -1.58. The van der Waals surface area contributed by atoms with Crippen LogP contribution in [0.4, 0.5) is 4.39 Å². The van der Waals surface area contributed by atoms with Crippen molar-refractivity contribution in [2.45, 2.75) is 50.5 Å². The standard InChI is InChI=1S/C33H35Cl2FN2O5/c1-3-32(42,22-12-15-37(16-13-22)17-14-29(39)40)24-18-27-30(28(36)19-24)33(43-2,23-6-10-26(35)11-7-23)38(31(27)41)20-21-4-8-25(34)9-5-21/h4-11,18-19,22,42H,3,12-17,20H2,1-2H3,(H,39,40)/t32-,33+/m0/s1. The number of piperidine rings is 1. The van der Waals surface area contributed by atoms with Gasteiger partial charge in [0.15, 0.2) is 5.72 Å². The van der Waals surface area contributed by atoms with E-state index in [-0.39, 0.29) is 30.0 Å². The lowest BCUT2D eigenvalue weighted by molar-refractivity contribution is -0.137. The van der Waals surface area contributed by atoms with Crippen LogP contribution in [0.3, 0.4) is 0 Å². The van der Waals surface area contributed by atoms with Gasteiger partial charge < -0.3 is 19.8 Å². The first-order valence-electron chi connectivity index (χ1n) is 14.4. The number of likely N-dealkylation sites (tertiary alicyclic amines) is 1. The fraction of sp³-hybridized carbons (Fsp3) is 0.394. The van der Waals surface area contributed by atoms with Crippen molar-refractivity contribution in [3.05, 3.63) is 104 Å². The van der Waals surface area contributed by atoms with Gasteiger partial charge in [0.25, 0.3) is 5.91 Å². The van der Waals surface area contributed by atoms with Gasteiger partial charge in [0.2, 0.25) is 0 Å². The largest absolute Gasteiger partial charge is 0.481 e.